The summed E-state index contributed by atoms with van der Waals surface area (Å²) in [5, 5.41) is 10.6. The van der Waals surface area contributed by atoms with Gasteiger partial charge in [-0.25, -0.2) is 15.0 Å². The molecule has 4 heterocycles. The molecule has 1 aliphatic heterocycles. The van der Waals surface area contributed by atoms with Crippen LogP contribution in [0.5, 0.6) is 0 Å². The van der Waals surface area contributed by atoms with Crippen molar-refractivity contribution in [3.63, 3.8) is 0 Å². The zero-order chi connectivity index (χ0) is 17.9. The fourth-order valence-electron chi connectivity index (χ4n) is 3.45. The van der Waals surface area contributed by atoms with Gasteiger partial charge in [-0.1, -0.05) is 6.07 Å². The molecule has 7 nitrogen and oxygen atoms in total. The number of rotatable bonds is 4. The second kappa shape index (κ2) is 7.21. The van der Waals surface area contributed by atoms with Crippen LogP contribution in [0.25, 0.3) is 11.4 Å². The standard InChI is InChI=1S/C19H22N6O/c1-24-13-10-21-18(24)17(26)14-6-11-25(12-7-14)19-22-9-5-16(23-19)15-4-2-3-8-20-15/h2-5,8-10,13-14,17,26H,6-7,11-12H2,1H3/t17-/m1/s1. The molecule has 7 heteroatoms. The Morgan fingerprint density at radius 3 is 2.54 bits per heavy atom. The van der Waals surface area contributed by atoms with Gasteiger partial charge >= 0.3 is 0 Å². The molecule has 0 spiro atoms. The number of pyridine rings is 1. The van der Waals surface area contributed by atoms with Gasteiger partial charge in [-0.05, 0) is 37.0 Å². The molecule has 0 saturated carbocycles. The number of aliphatic hydroxyl groups is 1. The predicted molar refractivity (Wildman–Crippen MR) is 98.4 cm³/mol. The zero-order valence-corrected chi connectivity index (χ0v) is 14.7. The monoisotopic (exact) mass is 350 g/mol. The largest absolute Gasteiger partial charge is 0.385 e. The minimum atomic E-state index is -0.530. The van der Waals surface area contributed by atoms with Gasteiger partial charge in [-0.15, -0.1) is 0 Å². The summed E-state index contributed by atoms with van der Waals surface area (Å²) in [7, 11) is 1.91. The molecule has 1 fully saturated rings. The van der Waals surface area contributed by atoms with Gasteiger partial charge in [0, 0.05) is 44.9 Å². The molecule has 0 unspecified atom stereocenters. The summed E-state index contributed by atoms with van der Waals surface area (Å²) in [5.74, 6) is 1.65. The highest BCUT2D eigenvalue weighted by Crippen LogP contribution is 2.31. The predicted octanol–water partition coefficient (Wildman–Crippen LogP) is 2.22. The van der Waals surface area contributed by atoms with Crippen molar-refractivity contribution in [3.8, 4) is 11.4 Å². The van der Waals surface area contributed by atoms with E-state index < -0.39 is 6.10 Å². The molecule has 3 aromatic rings. The van der Waals surface area contributed by atoms with E-state index in [4.69, 9.17) is 0 Å². The van der Waals surface area contributed by atoms with E-state index in [-0.39, 0.29) is 5.92 Å². The molecule has 0 aliphatic carbocycles. The van der Waals surface area contributed by atoms with Gasteiger partial charge in [0.15, 0.2) is 0 Å². The van der Waals surface area contributed by atoms with Gasteiger partial charge in [0.2, 0.25) is 5.95 Å². The van der Waals surface area contributed by atoms with E-state index in [0.717, 1.165) is 49.1 Å². The third kappa shape index (κ3) is 3.30. The number of aromatic nitrogens is 5. The van der Waals surface area contributed by atoms with Crippen LogP contribution in [0, 0.1) is 5.92 Å². The fourth-order valence-corrected chi connectivity index (χ4v) is 3.45. The van der Waals surface area contributed by atoms with Gasteiger partial charge in [0.1, 0.15) is 11.9 Å². The first-order valence-electron chi connectivity index (χ1n) is 8.87. The Balaban J connectivity index is 1.44. The average Bonchev–Trinajstić information content (AvgIpc) is 3.14. The van der Waals surface area contributed by atoms with Crippen LogP contribution in [-0.2, 0) is 7.05 Å². The fraction of sp³-hybridized carbons (Fsp3) is 0.368. The molecule has 1 aliphatic rings. The van der Waals surface area contributed by atoms with E-state index in [9.17, 15) is 5.11 Å². The maximum atomic E-state index is 10.6. The van der Waals surface area contributed by atoms with E-state index >= 15 is 0 Å². The lowest BCUT2D eigenvalue weighted by Crippen LogP contribution is -2.37. The highest BCUT2D eigenvalue weighted by Gasteiger charge is 2.29. The number of hydrogen-bond donors (Lipinski definition) is 1. The summed E-state index contributed by atoms with van der Waals surface area (Å²) in [4.78, 5) is 19.9. The normalized spacial score (nSPS) is 16.6. The molecule has 3 aromatic heterocycles. The molecule has 26 heavy (non-hydrogen) atoms. The number of aryl methyl sites for hydroxylation is 1. The zero-order valence-electron chi connectivity index (χ0n) is 14.7. The number of piperidine rings is 1. The van der Waals surface area contributed by atoms with Crippen molar-refractivity contribution in [2.45, 2.75) is 18.9 Å². The number of anilines is 1. The van der Waals surface area contributed by atoms with Gasteiger partial charge in [-0.2, -0.15) is 0 Å². The Hall–Kier alpha value is -2.80. The van der Waals surface area contributed by atoms with Crippen LogP contribution in [0.2, 0.25) is 0 Å². The van der Waals surface area contributed by atoms with Crippen molar-refractivity contribution in [1.29, 1.82) is 0 Å². The summed E-state index contributed by atoms with van der Waals surface area (Å²) >= 11 is 0. The first kappa shape index (κ1) is 16.7. The van der Waals surface area contributed by atoms with E-state index in [0.29, 0.717) is 0 Å². The minimum Gasteiger partial charge on any atom is -0.385 e. The van der Waals surface area contributed by atoms with Crippen molar-refractivity contribution in [1.82, 2.24) is 24.5 Å². The minimum absolute atomic E-state index is 0.200. The van der Waals surface area contributed by atoms with E-state index in [1.807, 2.05) is 42.1 Å². The van der Waals surface area contributed by atoms with Crippen LogP contribution in [0.15, 0.2) is 49.1 Å². The maximum absolute atomic E-state index is 10.6. The van der Waals surface area contributed by atoms with Gasteiger partial charge in [0.25, 0.3) is 0 Å². The lowest BCUT2D eigenvalue weighted by Gasteiger charge is -2.34. The van der Waals surface area contributed by atoms with Crippen LogP contribution >= 0.6 is 0 Å². The highest BCUT2D eigenvalue weighted by molar-refractivity contribution is 5.55. The van der Waals surface area contributed by atoms with Crippen LogP contribution < -0.4 is 4.90 Å². The van der Waals surface area contributed by atoms with E-state index in [1.165, 1.54) is 0 Å². The smallest absolute Gasteiger partial charge is 0.225 e. The van der Waals surface area contributed by atoms with Crippen LogP contribution in [-0.4, -0.2) is 42.7 Å². The Labute approximate surface area is 152 Å². The highest BCUT2D eigenvalue weighted by atomic mass is 16.3. The van der Waals surface area contributed by atoms with E-state index in [1.54, 1.807) is 18.6 Å². The average molecular weight is 350 g/mol. The third-order valence-electron chi connectivity index (χ3n) is 4.96. The van der Waals surface area contributed by atoms with Gasteiger partial charge in [0.05, 0.1) is 11.4 Å². The first-order valence-corrected chi connectivity index (χ1v) is 8.87. The van der Waals surface area contributed by atoms with Crippen LogP contribution in [0.3, 0.4) is 0 Å². The van der Waals surface area contributed by atoms with E-state index in [2.05, 4.69) is 24.8 Å². The Morgan fingerprint density at radius 1 is 1.00 bits per heavy atom. The molecule has 1 N–H and O–H groups in total. The molecule has 4 rings (SSSR count). The van der Waals surface area contributed by atoms with Gasteiger partial charge < -0.3 is 14.6 Å². The van der Waals surface area contributed by atoms with Crippen molar-refractivity contribution in [3.05, 3.63) is 54.9 Å². The van der Waals surface area contributed by atoms with Gasteiger partial charge in [-0.3, -0.25) is 4.98 Å². The summed E-state index contributed by atoms with van der Waals surface area (Å²) in [5.41, 5.74) is 1.67. The summed E-state index contributed by atoms with van der Waals surface area (Å²) < 4.78 is 1.89. The Bertz CT molecular complexity index is 857. The summed E-state index contributed by atoms with van der Waals surface area (Å²) in [6.07, 6.45) is 8.37. The molecule has 0 radical (unpaired) electrons. The molecule has 1 saturated heterocycles. The van der Waals surface area contributed by atoms with Crippen molar-refractivity contribution < 1.29 is 5.11 Å². The summed E-state index contributed by atoms with van der Waals surface area (Å²) in [6, 6.07) is 7.67. The second-order valence-electron chi connectivity index (χ2n) is 6.62. The number of nitrogens with zero attached hydrogens (tertiary/aromatic N) is 6. The molecular formula is C19H22N6O. The number of hydrogen-bond acceptors (Lipinski definition) is 6. The van der Waals surface area contributed by atoms with Crippen LogP contribution in [0.4, 0.5) is 5.95 Å². The molecule has 1 atom stereocenters. The topological polar surface area (TPSA) is 80.0 Å². The molecule has 0 bridgehead atoms. The number of imidazole rings is 1. The lowest BCUT2D eigenvalue weighted by atomic mass is 9.91. The second-order valence-corrected chi connectivity index (χ2v) is 6.62. The quantitative estimate of drug-likeness (QED) is 0.777. The molecule has 0 aromatic carbocycles. The lowest BCUT2D eigenvalue weighted by molar-refractivity contribution is 0.0823. The first-order chi connectivity index (χ1) is 12.7. The third-order valence-corrected chi connectivity index (χ3v) is 4.96. The molecular weight excluding hydrogens is 328 g/mol. The van der Waals surface area contributed by atoms with Crippen molar-refractivity contribution >= 4 is 5.95 Å². The molecule has 0 amide bonds. The summed E-state index contributed by atoms with van der Waals surface area (Å²) in [6.45, 7) is 1.63. The Kier molecular flexibility index (Phi) is 4.62. The van der Waals surface area contributed by atoms with Crippen LogP contribution in [0.1, 0.15) is 24.8 Å². The maximum Gasteiger partial charge on any atom is 0.225 e. The van der Waals surface area contributed by atoms with Crippen molar-refractivity contribution in [2.75, 3.05) is 18.0 Å². The number of aliphatic hydroxyl groups excluding tert-OH is 1. The Morgan fingerprint density at radius 2 is 1.85 bits per heavy atom. The van der Waals surface area contributed by atoms with Crippen molar-refractivity contribution in [2.24, 2.45) is 13.0 Å². The SMILES string of the molecule is Cn1ccnc1[C@H](O)C1CCN(c2nccc(-c3ccccn3)n2)CC1. The molecule has 134 valence electrons.